The molecule has 0 aromatic heterocycles. The predicted octanol–water partition coefficient (Wildman–Crippen LogP) is 3.06. The Labute approximate surface area is 186 Å². The topological polar surface area (TPSA) is 128 Å². The van der Waals surface area contributed by atoms with Gasteiger partial charge < -0.3 is 30.5 Å². The number of carbonyl (C=O) groups excluding carboxylic acids is 2. The SMILES string of the molecule is CC(C)C[C@H](NC(=O)OC(C)(C)C)C(O)CN(CC(C)C)C(=O)N[C@H](C(=O)O)C(C)C. The Kier molecular flexibility index (Phi) is 11.9. The van der Waals surface area contributed by atoms with Crippen LogP contribution in [0.4, 0.5) is 9.59 Å². The van der Waals surface area contributed by atoms with E-state index in [0.717, 1.165) is 0 Å². The fraction of sp³-hybridized carbons (Fsp3) is 0.864. The summed E-state index contributed by atoms with van der Waals surface area (Å²) in [4.78, 5) is 37.9. The van der Waals surface area contributed by atoms with Gasteiger partial charge in [-0.05, 0) is 44.9 Å². The van der Waals surface area contributed by atoms with Crippen molar-refractivity contribution in [2.75, 3.05) is 13.1 Å². The van der Waals surface area contributed by atoms with Crippen molar-refractivity contribution in [3.63, 3.8) is 0 Å². The molecule has 1 unspecified atom stereocenters. The first kappa shape index (κ1) is 29.0. The maximum Gasteiger partial charge on any atom is 0.407 e. The Balaban J connectivity index is 5.44. The van der Waals surface area contributed by atoms with Gasteiger partial charge in [-0.25, -0.2) is 14.4 Å². The van der Waals surface area contributed by atoms with Crippen LogP contribution in [0.25, 0.3) is 0 Å². The lowest BCUT2D eigenvalue weighted by Gasteiger charge is -2.33. The van der Waals surface area contributed by atoms with Crippen molar-refractivity contribution in [3.8, 4) is 0 Å². The molecule has 0 aromatic carbocycles. The van der Waals surface area contributed by atoms with Gasteiger partial charge in [0.05, 0.1) is 18.7 Å². The second kappa shape index (κ2) is 12.7. The number of carboxylic acids is 1. The average Bonchev–Trinajstić information content (AvgIpc) is 2.54. The Bertz CT molecular complexity index is 586. The van der Waals surface area contributed by atoms with Crippen molar-refractivity contribution >= 4 is 18.1 Å². The third kappa shape index (κ3) is 12.4. The van der Waals surface area contributed by atoms with Gasteiger partial charge in [-0.3, -0.25) is 0 Å². The number of carbonyl (C=O) groups is 3. The number of hydrogen-bond donors (Lipinski definition) is 4. The lowest BCUT2D eigenvalue weighted by Crippen LogP contribution is -2.55. The minimum Gasteiger partial charge on any atom is -0.480 e. The van der Waals surface area contributed by atoms with E-state index >= 15 is 0 Å². The summed E-state index contributed by atoms with van der Waals surface area (Å²) in [7, 11) is 0. The monoisotopic (exact) mass is 445 g/mol. The summed E-state index contributed by atoms with van der Waals surface area (Å²) in [5, 5.41) is 25.5. The van der Waals surface area contributed by atoms with Gasteiger partial charge in [0.15, 0.2) is 0 Å². The van der Waals surface area contributed by atoms with Crippen molar-refractivity contribution in [2.45, 2.75) is 92.5 Å². The highest BCUT2D eigenvalue weighted by Crippen LogP contribution is 2.14. The van der Waals surface area contributed by atoms with E-state index in [0.29, 0.717) is 13.0 Å². The van der Waals surface area contributed by atoms with E-state index in [1.54, 1.807) is 34.6 Å². The van der Waals surface area contributed by atoms with Crippen LogP contribution in [0.2, 0.25) is 0 Å². The molecule has 0 saturated heterocycles. The Morgan fingerprint density at radius 1 is 0.935 bits per heavy atom. The summed E-state index contributed by atoms with van der Waals surface area (Å²) in [6.45, 7) is 16.7. The third-order valence-electron chi connectivity index (χ3n) is 4.38. The van der Waals surface area contributed by atoms with Crippen LogP contribution < -0.4 is 10.6 Å². The Hall–Kier alpha value is -2.03. The molecule has 9 heteroatoms. The van der Waals surface area contributed by atoms with Gasteiger partial charge in [0.1, 0.15) is 11.6 Å². The van der Waals surface area contributed by atoms with Gasteiger partial charge in [-0.15, -0.1) is 0 Å². The number of aliphatic carboxylic acids is 1. The number of carboxylic acid groups (broad SMARTS) is 1. The fourth-order valence-electron chi connectivity index (χ4n) is 3.05. The van der Waals surface area contributed by atoms with Crippen LogP contribution in [0.1, 0.15) is 68.7 Å². The molecule has 0 aliphatic carbocycles. The Morgan fingerprint density at radius 3 is 1.87 bits per heavy atom. The zero-order valence-electron chi connectivity index (χ0n) is 20.6. The first-order valence-electron chi connectivity index (χ1n) is 11.0. The minimum atomic E-state index is -1.11. The van der Waals surface area contributed by atoms with E-state index in [2.05, 4.69) is 10.6 Å². The molecule has 0 spiro atoms. The van der Waals surface area contributed by atoms with Crippen molar-refractivity contribution in [3.05, 3.63) is 0 Å². The van der Waals surface area contributed by atoms with E-state index in [4.69, 9.17) is 4.74 Å². The third-order valence-corrected chi connectivity index (χ3v) is 4.38. The lowest BCUT2D eigenvalue weighted by molar-refractivity contribution is -0.140. The van der Waals surface area contributed by atoms with Crippen molar-refractivity contribution < 1.29 is 29.3 Å². The van der Waals surface area contributed by atoms with Crippen molar-refractivity contribution in [1.29, 1.82) is 0 Å². The lowest BCUT2D eigenvalue weighted by atomic mass is 9.98. The summed E-state index contributed by atoms with van der Waals surface area (Å²) in [5.74, 6) is -1.13. The average molecular weight is 446 g/mol. The van der Waals surface area contributed by atoms with Crippen LogP contribution in [0.5, 0.6) is 0 Å². The van der Waals surface area contributed by atoms with Crippen LogP contribution in [0.3, 0.4) is 0 Å². The minimum absolute atomic E-state index is 0.0539. The summed E-state index contributed by atoms with van der Waals surface area (Å²) < 4.78 is 5.30. The van der Waals surface area contributed by atoms with Crippen LogP contribution >= 0.6 is 0 Å². The van der Waals surface area contributed by atoms with Gasteiger partial charge in [0.2, 0.25) is 0 Å². The predicted molar refractivity (Wildman–Crippen MR) is 120 cm³/mol. The second-order valence-electron chi connectivity index (χ2n) is 10.3. The molecule has 182 valence electrons. The highest BCUT2D eigenvalue weighted by Gasteiger charge is 2.31. The van der Waals surface area contributed by atoms with E-state index in [1.165, 1.54) is 4.90 Å². The number of nitrogens with one attached hydrogen (secondary N) is 2. The molecule has 0 heterocycles. The fourth-order valence-corrected chi connectivity index (χ4v) is 3.05. The largest absolute Gasteiger partial charge is 0.480 e. The van der Waals surface area contributed by atoms with E-state index in [1.807, 2.05) is 27.7 Å². The van der Waals surface area contributed by atoms with Crippen LogP contribution in [-0.2, 0) is 9.53 Å². The van der Waals surface area contributed by atoms with E-state index < -0.39 is 41.9 Å². The quantitative estimate of drug-likeness (QED) is 0.387. The van der Waals surface area contributed by atoms with Gasteiger partial charge in [-0.1, -0.05) is 41.5 Å². The molecule has 4 N–H and O–H groups in total. The molecular formula is C22H43N3O6. The maximum absolute atomic E-state index is 12.8. The summed E-state index contributed by atoms with van der Waals surface area (Å²) in [6, 6.07) is -2.22. The number of urea groups is 1. The number of nitrogens with zero attached hydrogens (tertiary/aromatic N) is 1. The molecule has 0 rings (SSSR count). The molecule has 0 bridgehead atoms. The van der Waals surface area contributed by atoms with Crippen LogP contribution in [0, 0.1) is 17.8 Å². The number of aliphatic hydroxyl groups excluding tert-OH is 1. The first-order chi connectivity index (χ1) is 14.0. The molecule has 0 aliphatic rings. The second-order valence-corrected chi connectivity index (χ2v) is 10.3. The number of alkyl carbamates (subject to hydrolysis) is 1. The highest BCUT2D eigenvalue weighted by molar-refractivity contribution is 5.82. The summed E-state index contributed by atoms with van der Waals surface area (Å²) >= 11 is 0. The molecule has 31 heavy (non-hydrogen) atoms. The standard InChI is InChI=1S/C22H43N3O6/c1-13(2)10-16(23-21(30)31-22(7,8)9)17(26)12-25(11-14(3)4)20(29)24-18(15(5)6)19(27)28/h13-18,26H,10-12H2,1-9H3,(H,23,30)(H,24,29)(H,27,28)/t16-,17?,18-/m0/s1. The maximum atomic E-state index is 12.8. The number of rotatable bonds is 11. The zero-order valence-corrected chi connectivity index (χ0v) is 20.6. The van der Waals surface area contributed by atoms with Crippen molar-refractivity contribution in [1.82, 2.24) is 15.5 Å². The zero-order chi connectivity index (χ0) is 24.5. The van der Waals surface area contributed by atoms with Crippen LogP contribution in [-0.4, -0.2) is 70.1 Å². The molecule has 3 amide bonds. The molecule has 0 aromatic rings. The number of ether oxygens (including phenoxy) is 1. The van der Waals surface area contributed by atoms with E-state index in [-0.39, 0.29) is 24.3 Å². The molecule has 0 aliphatic heterocycles. The number of aliphatic hydroxyl groups is 1. The normalized spacial score (nSPS) is 14.9. The number of hydrogen-bond acceptors (Lipinski definition) is 5. The smallest absolute Gasteiger partial charge is 0.407 e. The van der Waals surface area contributed by atoms with Gasteiger partial charge in [0, 0.05) is 6.54 Å². The Morgan fingerprint density at radius 2 is 1.48 bits per heavy atom. The molecule has 3 atom stereocenters. The summed E-state index contributed by atoms with van der Waals surface area (Å²) in [5.41, 5.74) is -0.677. The first-order valence-corrected chi connectivity index (χ1v) is 11.0. The van der Waals surface area contributed by atoms with Crippen LogP contribution in [0.15, 0.2) is 0 Å². The number of amides is 3. The van der Waals surface area contributed by atoms with E-state index in [9.17, 15) is 24.6 Å². The molecule has 0 saturated carbocycles. The van der Waals surface area contributed by atoms with Gasteiger partial charge in [-0.2, -0.15) is 0 Å². The molecular weight excluding hydrogens is 402 g/mol. The summed E-state index contributed by atoms with van der Waals surface area (Å²) in [6.07, 6.45) is -1.20. The van der Waals surface area contributed by atoms with Gasteiger partial charge >= 0.3 is 18.1 Å². The molecule has 9 nitrogen and oxygen atoms in total. The molecule has 0 radical (unpaired) electrons. The molecule has 0 fully saturated rings. The van der Waals surface area contributed by atoms with Gasteiger partial charge in [0.25, 0.3) is 0 Å². The highest BCUT2D eigenvalue weighted by atomic mass is 16.6. The van der Waals surface area contributed by atoms with Crippen molar-refractivity contribution in [2.24, 2.45) is 17.8 Å².